The summed E-state index contributed by atoms with van der Waals surface area (Å²) in [6.45, 7) is 0.337. The molecule has 88 valence electrons. The Morgan fingerprint density at radius 3 is 2.69 bits per heavy atom. The van der Waals surface area contributed by atoms with Crippen molar-refractivity contribution in [1.29, 1.82) is 0 Å². The van der Waals surface area contributed by atoms with E-state index in [1.54, 1.807) is 0 Å². The van der Waals surface area contributed by atoms with Crippen molar-refractivity contribution in [2.75, 3.05) is 5.33 Å². The Balaban J connectivity index is 2.20. The van der Waals surface area contributed by atoms with E-state index in [2.05, 4.69) is 15.9 Å². The van der Waals surface area contributed by atoms with E-state index in [4.69, 9.17) is 10.5 Å². The molecule has 1 atom stereocenters. The van der Waals surface area contributed by atoms with E-state index in [0.29, 0.717) is 24.8 Å². The summed E-state index contributed by atoms with van der Waals surface area (Å²) in [7, 11) is 0. The van der Waals surface area contributed by atoms with Gasteiger partial charge in [0.15, 0.2) is 0 Å². The van der Waals surface area contributed by atoms with Crippen LogP contribution in [0.3, 0.4) is 0 Å². The van der Waals surface area contributed by atoms with Gasteiger partial charge in [-0.1, -0.05) is 46.3 Å². The summed E-state index contributed by atoms with van der Waals surface area (Å²) in [6.07, 6.45) is 1.03. The van der Waals surface area contributed by atoms with Crippen LogP contribution in [0.2, 0.25) is 0 Å². The van der Waals surface area contributed by atoms with Gasteiger partial charge in [0.25, 0.3) is 0 Å². The van der Waals surface area contributed by atoms with Crippen LogP contribution in [0, 0.1) is 0 Å². The fraction of sp³-hybridized carbons (Fsp3) is 0.417. The number of alkyl halides is 1. The van der Waals surface area contributed by atoms with Crippen molar-refractivity contribution in [3.8, 4) is 0 Å². The molecule has 4 heteroatoms. The normalized spacial score (nSPS) is 12.1. The zero-order valence-electron chi connectivity index (χ0n) is 9.06. The molecule has 16 heavy (non-hydrogen) atoms. The molecule has 0 aliphatic carbocycles. The molecule has 0 radical (unpaired) electrons. The lowest BCUT2D eigenvalue weighted by molar-refractivity contribution is -0.145. The topological polar surface area (TPSA) is 52.3 Å². The summed E-state index contributed by atoms with van der Waals surface area (Å²) in [5.41, 5.74) is 6.67. The van der Waals surface area contributed by atoms with Crippen LogP contribution in [0.15, 0.2) is 30.3 Å². The predicted molar refractivity (Wildman–Crippen MR) is 67.2 cm³/mol. The molecule has 1 rings (SSSR count). The standard InChI is InChI=1S/C12H16BrNO2/c13-8-11(14)6-7-12(15)16-9-10-4-2-1-3-5-10/h1-5,11H,6-9,14H2. The molecule has 3 nitrogen and oxygen atoms in total. The number of hydrogen-bond donors (Lipinski definition) is 1. The maximum Gasteiger partial charge on any atom is 0.306 e. The van der Waals surface area contributed by atoms with Gasteiger partial charge in [0.2, 0.25) is 0 Å². The van der Waals surface area contributed by atoms with Crippen molar-refractivity contribution < 1.29 is 9.53 Å². The number of rotatable bonds is 6. The Hall–Kier alpha value is -0.870. The van der Waals surface area contributed by atoms with E-state index in [9.17, 15) is 4.79 Å². The summed E-state index contributed by atoms with van der Waals surface area (Å²) in [5, 5.41) is 0.707. The number of carbonyl (C=O) groups is 1. The number of nitrogens with two attached hydrogens (primary N) is 1. The van der Waals surface area contributed by atoms with E-state index >= 15 is 0 Å². The zero-order valence-corrected chi connectivity index (χ0v) is 10.7. The highest BCUT2D eigenvalue weighted by atomic mass is 79.9. The van der Waals surface area contributed by atoms with Crippen LogP contribution in [0.25, 0.3) is 0 Å². The molecule has 0 aromatic heterocycles. The quantitative estimate of drug-likeness (QED) is 0.644. The molecule has 1 aromatic carbocycles. The third-order valence-electron chi connectivity index (χ3n) is 2.16. The molecule has 0 aliphatic rings. The predicted octanol–water partition coefficient (Wildman–Crippen LogP) is 2.23. The Morgan fingerprint density at radius 1 is 1.38 bits per heavy atom. The summed E-state index contributed by atoms with van der Waals surface area (Å²) in [5.74, 6) is -0.194. The summed E-state index contributed by atoms with van der Waals surface area (Å²) in [6, 6.07) is 9.65. The molecule has 0 spiro atoms. The Labute approximate surface area is 104 Å². The highest BCUT2D eigenvalue weighted by Crippen LogP contribution is 2.04. The fourth-order valence-corrected chi connectivity index (χ4v) is 1.51. The van der Waals surface area contributed by atoms with Crippen LogP contribution >= 0.6 is 15.9 Å². The van der Waals surface area contributed by atoms with Crippen molar-refractivity contribution >= 4 is 21.9 Å². The Morgan fingerprint density at radius 2 is 2.06 bits per heavy atom. The first-order valence-corrected chi connectivity index (χ1v) is 6.35. The van der Waals surface area contributed by atoms with Crippen molar-refractivity contribution in [3.63, 3.8) is 0 Å². The van der Waals surface area contributed by atoms with E-state index in [1.165, 1.54) is 0 Å². The monoisotopic (exact) mass is 285 g/mol. The molecule has 0 bridgehead atoms. The second kappa shape index (κ2) is 7.41. The van der Waals surface area contributed by atoms with E-state index < -0.39 is 0 Å². The highest BCUT2D eigenvalue weighted by Gasteiger charge is 2.07. The average molecular weight is 286 g/mol. The van der Waals surface area contributed by atoms with Crippen LogP contribution in [0.1, 0.15) is 18.4 Å². The van der Waals surface area contributed by atoms with Crippen LogP contribution in [-0.4, -0.2) is 17.3 Å². The van der Waals surface area contributed by atoms with Gasteiger partial charge in [0.1, 0.15) is 6.61 Å². The highest BCUT2D eigenvalue weighted by molar-refractivity contribution is 9.09. The van der Waals surface area contributed by atoms with Crippen molar-refractivity contribution in [2.24, 2.45) is 5.73 Å². The van der Waals surface area contributed by atoms with E-state index in [-0.39, 0.29) is 12.0 Å². The fourth-order valence-electron chi connectivity index (χ4n) is 1.19. The number of benzene rings is 1. The number of esters is 1. The Kier molecular flexibility index (Phi) is 6.11. The zero-order chi connectivity index (χ0) is 11.8. The van der Waals surface area contributed by atoms with Crippen molar-refractivity contribution in [3.05, 3.63) is 35.9 Å². The van der Waals surface area contributed by atoms with Crippen LogP contribution in [0.5, 0.6) is 0 Å². The third kappa shape index (κ3) is 5.28. The average Bonchev–Trinajstić information content (AvgIpc) is 2.34. The second-order valence-electron chi connectivity index (χ2n) is 3.60. The van der Waals surface area contributed by atoms with Gasteiger partial charge in [-0.3, -0.25) is 4.79 Å². The lowest BCUT2D eigenvalue weighted by atomic mass is 10.2. The molecule has 0 saturated carbocycles. The number of hydrogen-bond acceptors (Lipinski definition) is 3. The second-order valence-corrected chi connectivity index (χ2v) is 4.25. The first-order chi connectivity index (χ1) is 7.72. The number of carbonyl (C=O) groups excluding carboxylic acids is 1. The van der Waals surface area contributed by atoms with Crippen LogP contribution < -0.4 is 5.73 Å². The third-order valence-corrected chi connectivity index (χ3v) is 2.99. The summed E-state index contributed by atoms with van der Waals surface area (Å²) in [4.78, 5) is 11.3. The molecule has 0 saturated heterocycles. The van der Waals surface area contributed by atoms with Gasteiger partial charge < -0.3 is 10.5 Å². The van der Waals surface area contributed by atoms with Crippen LogP contribution in [-0.2, 0) is 16.1 Å². The smallest absolute Gasteiger partial charge is 0.306 e. The van der Waals surface area contributed by atoms with Gasteiger partial charge >= 0.3 is 5.97 Å². The van der Waals surface area contributed by atoms with Gasteiger partial charge in [-0.2, -0.15) is 0 Å². The van der Waals surface area contributed by atoms with Gasteiger partial charge in [-0.05, 0) is 12.0 Å². The first-order valence-electron chi connectivity index (χ1n) is 5.23. The lowest BCUT2D eigenvalue weighted by Crippen LogP contribution is -2.22. The minimum Gasteiger partial charge on any atom is -0.461 e. The summed E-state index contributed by atoms with van der Waals surface area (Å²) >= 11 is 3.26. The van der Waals surface area contributed by atoms with Gasteiger partial charge in [-0.15, -0.1) is 0 Å². The molecular weight excluding hydrogens is 270 g/mol. The molecule has 1 aromatic rings. The molecular formula is C12H16BrNO2. The Bertz CT molecular complexity index is 316. The van der Waals surface area contributed by atoms with Crippen LogP contribution in [0.4, 0.5) is 0 Å². The molecule has 0 amide bonds. The van der Waals surface area contributed by atoms with Crippen molar-refractivity contribution in [1.82, 2.24) is 0 Å². The minimum atomic E-state index is -0.194. The van der Waals surface area contributed by atoms with Gasteiger partial charge in [-0.25, -0.2) is 0 Å². The van der Waals surface area contributed by atoms with E-state index in [0.717, 1.165) is 5.56 Å². The molecule has 0 heterocycles. The first kappa shape index (κ1) is 13.2. The SMILES string of the molecule is NC(CBr)CCC(=O)OCc1ccccc1. The molecule has 0 fully saturated rings. The maximum absolute atomic E-state index is 11.3. The summed E-state index contributed by atoms with van der Waals surface area (Å²) < 4.78 is 5.11. The maximum atomic E-state index is 11.3. The number of halogens is 1. The lowest BCUT2D eigenvalue weighted by Gasteiger charge is -2.07. The minimum absolute atomic E-state index is 0.0178. The number of ether oxygens (including phenoxy) is 1. The van der Waals surface area contributed by atoms with Gasteiger partial charge in [0.05, 0.1) is 0 Å². The molecule has 2 N–H and O–H groups in total. The van der Waals surface area contributed by atoms with Crippen molar-refractivity contribution in [2.45, 2.75) is 25.5 Å². The largest absolute Gasteiger partial charge is 0.461 e. The van der Waals surface area contributed by atoms with Gasteiger partial charge in [0, 0.05) is 17.8 Å². The van der Waals surface area contributed by atoms with E-state index in [1.807, 2.05) is 30.3 Å². The molecule has 1 unspecified atom stereocenters. The molecule has 0 aliphatic heterocycles.